The fraction of sp³-hybridized carbons (Fsp3) is 0.192. The first-order chi connectivity index (χ1) is 16.2. The maximum Gasteiger partial charge on any atom is 0.159 e. The summed E-state index contributed by atoms with van der Waals surface area (Å²) >= 11 is 0. The molecule has 0 unspecified atom stereocenters. The molecule has 0 atom stereocenters. The van der Waals surface area contributed by atoms with Crippen LogP contribution in [0.15, 0.2) is 61.1 Å². The summed E-state index contributed by atoms with van der Waals surface area (Å²) in [4.78, 5) is 12.5. The van der Waals surface area contributed by atoms with E-state index in [-0.39, 0.29) is 0 Å². The lowest BCUT2D eigenvalue weighted by atomic mass is 9.98. The number of fused-ring (bicyclic) bond motifs is 1. The molecule has 166 valence electrons. The Hall–Kier alpha value is -3.97. The summed E-state index contributed by atoms with van der Waals surface area (Å²) in [5.74, 6) is 1.52. The van der Waals surface area contributed by atoms with Crippen molar-refractivity contribution in [2.24, 2.45) is 0 Å². The van der Waals surface area contributed by atoms with Gasteiger partial charge >= 0.3 is 0 Å². The van der Waals surface area contributed by atoms with Crippen molar-refractivity contribution in [1.29, 1.82) is 0 Å². The zero-order chi connectivity index (χ0) is 22.8. The first-order valence-corrected chi connectivity index (χ1v) is 11.0. The third-order valence-electron chi connectivity index (χ3n) is 5.94. The number of pyridine rings is 1. The van der Waals surface area contributed by atoms with E-state index in [1.54, 1.807) is 7.11 Å². The van der Waals surface area contributed by atoms with Gasteiger partial charge in [0.05, 0.1) is 24.5 Å². The zero-order valence-electron chi connectivity index (χ0n) is 18.9. The molecule has 2 aromatic carbocycles. The molecule has 0 aliphatic heterocycles. The van der Waals surface area contributed by atoms with Crippen LogP contribution in [0.4, 0.5) is 0 Å². The number of aromatic amines is 2. The Morgan fingerprint density at radius 1 is 1.03 bits per heavy atom. The Bertz CT molecular complexity index is 1420. The monoisotopic (exact) mass is 438 g/mol. The second kappa shape index (κ2) is 8.88. The van der Waals surface area contributed by atoms with Gasteiger partial charge in [-0.05, 0) is 54.4 Å². The molecule has 0 radical (unpaired) electrons. The quantitative estimate of drug-likeness (QED) is 0.328. The summed E-state index contributed by atoms with van der Waals surface area (Å²) < 4.78 is 5.35. The largest absolute Gasteiger partial charge is 0.497 e. The van der Waals surface area contributed by atoms with Crippen LogP contribution >= 0.6 is 0 Å². The molecule has 0 aliphatic rings. The summed E-state index contributed by atoms with van der Waals surface area (Å²) in [6, 6.07) is 14.2. The number of H-pyrrole nitrogens is 2. The number of ether oxygens (including phenoxy) is 1. The maximum absolute atomic E-state index is 5.35. The van der Waals surface area contributed by atoms with Gasteiger partial charge in [-0.25, -0.2) is 4.98 Å². The van der Waals surface area contributed by atoms with Crippen molar-refractivity contribution >= 4 is 10.9 Å². The Balaban J connectivity index is 1.53. The standard InChI is InChI=1S/C26H26N6O/c1-4-27-12-19-13-28-14-22(16(19)2)17-8-9-23-21(11-17)25(32-31-23)26-29-15-24(30-26)18-6-5-7-20(10-18)33-3/h5-11,13-15,27H,4,12H2,1-3H3,(H,29,30)(H,31,32). The Morgan fingerprint density at radius 3 is 2.79 bits per heavy atom. The van der Waals surface area contributed by atoms with Gasteiger partial charge in [-0.15, -0.1) is 0 Å². The molecule has 3 heterocycles. The van der Waals surface area contributed by atoms with Crippen molar-refractivity contribution in [2.45, 2.75) is 20.4 Å². The Labute approximate surface area is 192 Å². The van der Waals surface area contributed by atoms with E-state index in [0.29, 0.717) is 5.82 Å². The second-order valence-electron chi connectivity index (χ2n) is 7.96. The van der Waals surface area contributed by atoms with Gasteiger partial charge in [0, 0.05) is 35.5 Å². The number of rotatable bonds is 7. The van der Waals surface area contributed by atoms with Crippen LogP contribution in [0.3, 0.4) is 0 Å². The lowest BCUT2D eigenvalue weighted by Crippen LogP contribution is -2.13. The molecule has 0 amide bonds. The van der Waals surface area contributed by atoms with E-state index in [0.717, 1.165) is 57.8 Å². The predicted octanol–water partition coefficient (Wildman–Crippen LogP) is 5.11. The zero-order valence-corrected chi connectivity index (χ0v) is 18.9. The lowest BCUT2D eigenvalue weighted by molar-refractivity contribution is 0.415. The fourth-order valence-electron chi connectivity index (χ4n) is 4.04. The number of hydrogen-bond donors (Lipinski definition) is 3. The minimum absolute atomic E-state index is 0.715. The van der Waals surface area contributed by atoms with E-state index in [1.165, 1.54) is 11.1 Å². The average molecular weight is 439 g/mol. The van der Waals surface area contributed by atoms with Crippen LogP contribution < -0.4 is 10.1 Å². The number of nitrogens with zero attached hydrogens (tertiary/aromatic N) is 3. The Morgan fingerprint density at radius 2 is 1.94 bits per heavy atom. The molecule has 0 fully saturated rings. The third-order valence-corrected chi connectivity index (χ3v) is 5.94. The van der Waals surface area contributed by atoms with Crippen LogP contribution in [-0.2, 0) is 6.54 Å². The first kappa shape index (κ1) is 20.9. The van der Waals surface area contributed by atoms with E-state index in [4.69, 9.17) is 4.74 Å². The van der Waals surface area contributed by atoms with Crippen LogP contribution in [0.1, 0.15) is 18.1 Å². The van der Waals surface area contributed by atoms with Gasteiger partial charge in [0.25, 0.3) is 0 Å². The van der Waals surface area contributed by atoms with Gasteiger partial charge in [0.15, 0.2) is 5.82 Å². The lowest BCUT2D eigenvalue weighted by Gasteiger charge is -2.11. The molecule has 33 heavy (non-hydrogen) atoms. The number of benzene rings is 2. The molecule has 3 aromatic heterocycles. The molecular formula is C26H26N6O. The van der Waals surface area contributed by atoms with Crippen LogP contribution in [-0.4, -0.2) is 38.8 Å². The predicted molar refractivity (Wildman–Crippen MR) is 131 cm³/mol. The van der Waals surface area contributed by atoms with Gasteiger partial charge in [0.2, 0.25) is 0 Å². The van der Waals surface area contributed by atoms with Crippen LogP contribution in [0.25, 0.3) is 44.8 Å². The first-order valence-electron chi connectivity index (χ1n) is 11.0. The summed E-state index contributed by atoms with van der Waals surface area (Å²) in [5, 5.41) is 12.1. The van der Waals surface area contributed by atoms with E-state index in [9.17, 15) is 0 Å². The molecule has 7 nitrogen and oxygen atoms in total. The van der Waals surface area contributed by atoms with Crippen molar-refractivity contribution in [3.05, 3.63) is 72.2 Å². The number of imidazole rings is 1. The van der Waals surface area contributed by atoms with Gasteiger partial charge < -0.3 is 15.0 Å². The van der Waals surface area contributed by atoms with Gasteiger partial charge in [-0.2, -0.15) is 5.10 Å². The molecular weight excluding hydrogens is 412 g/mol. The van der Waals surface area contributed by atoms with Crippen molar-refractivity contribution < 1.29 is 4.74 Å². The SMILES string of the molecule is CCNCc1cncc(-c2ccc3[nH]nc(-c4ncc(-c5cccc(OC)c5)[nH]4)c3c2)c1C. The van der Waals surface area contributed by atoms with Gasteiger partial charge in [-0.1, -0.05) is 25.1 Å². The van der Waals surface area contributed by atoms with Crippen molar-refractivity contribution in [3.63, 3.8) is 0 Å². The van der Waals surface area contributed by atoms with Crippen LogP contribution in [0.5, 0.6) is 5.75 Å². The summed E-state index contributed by atoms with van der Waals surface area (Å²) in [7, 11) is 1.66. The highest BCUT2D eigenvalue weighted by molar-refractivity contribution is 5.94. The molecule has 0 saturated heterocycles. The summed E-state index contributed by atoms with van der Waals surface area (Å²) in [6.45, 7) is 5.99. The van der Waals surface area contributed by atoms with E-state index in [1.807, 2.05) is 42.9 Å². The number of nitrogens with one attached hydrogen (secondary N) is 3. The number of aromatic nitrogens is 5. The van der Waals surface area contributed by atoms with Crippen molar-refractivity contribution in [2.75, 3.05) is 13.7 Å². The highest BCUT2D eigenvalue weighted by atomic mass is 16.5. The molecule has 0 spiro atoms. The second-order valence-corrected chi connectivity index (χ2v) is 7.96. The number of methoxy groups -OCH3 is 1. The van der Waals surface area contributed by atoms with Gasteiger partial charge in [0.1, 0.15) is 11.4 Å². The molecule has 0 saturated carbocycles. The molecule has 7 heteroatoms. The highest BCUT2D eigenvalue weighted by Gasteiger charge is 2.15. The van der Waals surface area contributed by atoms with Gasteiger partial charge in [-0.3, -0.25) is 10.1 Å². The minimum Gasteiger partial charge on any atom is -0.497 e. The van der Waals surface area contributed by atoms with E-state index < -0.39 is 0 Å². The van der Waals surface area contributed by atoms with Crippen LogP contribution in [0, 0.1) is 6.92 Å². The molecule has 5 rings (SSSR count). The fourth-order valence-corrected chi connectivity index (χ4v) is 4.04. The molecule has 3 N–H and O–H groups in total. The topological polar surface area (TPSA) is 91.5 Å². The highest BCUT2D eigenvalue weighted by Crippen LogP contribution is 2.32. The number of hydrogen-bond acceptors (Lipinski definition) is 5. The van der Waals surface area contributed by atoms with E-state index in [2.05, 4.69) is 62.5 Å². The molecule has 5 aromatic rings. The average Bonchev–Trinajstić information content (AvgIpc) is 3.50. The smallest absolute Gasteiger partial charge is 0.159 e. The van der Waals surface area contributed by atoms with Crippen LogP contribution in [0.2, 0.25) is 0 Å². The molecule has 0 bridgehead atoms. The van der Waals surface area contributed by atoms with Crippen molar-refractivity contribution in [3.8, 4) is 39.7 Å². The normalized spacial score (nSPS) is 11.2. The maximum atomic E-state index is 5.35. The summed E-state index contributed by atoms with van der Waals surface area (Å²) in [6.07, 6.45) is 5.69. The van der Waals surface area contributed by atoms with E-state index >= 15 is 0 Å². The minimum atomic E-state index is 0.715. The third kappa shape index (κ3) is 3.99. The molecule has 0 aliphatic carbocycles. The summed E-state index contributed by atoms with van der Waals surface area (Å²) in [5.41, 5.74) is 8.33. The van der Waals surface area contributed by atoms with Crippen molar-refractivity contribution in [1.82, 2.24) is 30.5 Å². The Kier molecular flexibility index (Phi) is 5.62.